The zero-order chi connectivity index (χ0) is 23.1. The molecule has 7 heteroatoms. The Labute approximate surface area is 196 Å². The van der Waals surface area contributed by atoms with E-state index in [2.05, 4.69) is 15.9 Å². The van der Waals surface area contributed by atoms with Gasteiger partial charge in [-0.15, -0.1) is 0 Å². The minimum Gasteiger partial charge on any atom is -0.461 e. The number of carbonyl (C=O) groups excluding carboxylic acids is 4. The maximum absolute atomic E-state index is 13.3. The van der Waals surface area contributed by atoms with Gasteiger partial charge in [0.2, 0.25) is 0 Å². The van der Waals surface area contributed by atoms with E-state index in [1.54, 1.807) is 6.92 Å². The van der Waals surface area contributed by atoms with Crippen LogP contribution < -0.4 is 0 Å². The van der Waals surface area contributed by atoms with Gasteiger partial charge in [-0.25, -0.2) is 0 Å². The smallest absolute Gasteiger partial charge is 0.306 e. The molecule has 1 aromatic carbocycles. The van der Waals surface area contributed by atoms with E-state index in [9.17, 15) is 19.2 Å². The van der Waals surface area contributed by atoms with Crippen LogP contribution >= 0.6 is 15.9 Å². The lowest BCUT2D eigenvalue weighted by Crippen LogP contribution is -2.54. The first-order valence-corrected chi connectivity index (χ1v) is 12.1. The number of halogens is 1. The van der Waals surface area contributed by atoms with Gasteiger partial charge in [0.1, 0.15) is 23.8 Å². The van der Waals surface area contributed by atoms with Crippen molar-refractivity contribution >= 4 is 39.4 Å². The van der Waals surface area contributed by atoms with Crippen molar-refractivity contribution in [2.45, 2.75) is 71.0 Å². The van der Waals surface area contributed by atoms with Crippen LogP contribution in [0.25, 0.3) is 0 Å². The minimum absolute atomic E-state index is 0.0252. The van der Waals surface area contributed by atoms with Crippen molar-refractivity contribution in [3.05, 3.63) is 34.3 Å². The van der Waals surface area contributed by atoms with Crippen molar-refractivity contribution in [2.75, 3.05) is 0 Å². The first-order chi connectivity index (χ1) is 15.1. The number of rotatable bonds is 5. The molecule has 172 valence electrons. The molecule has 5 unspecified atom stereocenters. The van der Waals surface area contributed by atoms with E-state index in [0.717, 1.165) is 16.5 Å². The normalized spacial score (nSPS) is 34.3. The second kappa shape index (κ2) is 8.73. The van der Waals surface area contributed by atoms with Crippen molar-refractivity contribution in [1.82, 2.24) is 0 Å². The molecule has 1 heterocycles. The minimum atomic E-state index is -1.07. The fourth-order valence-electron chi connectivity index (χ4n) is 6.18. The van der Waals surface area contributed by atoms with Crippen LogP contribution in [-0.4, -0.2) is 29.1 Å². The molecule has 0 N–H and O–H groups in total. The monoisotopic (exact) mass is 504 g/mol. The molecule has 0 radical (unpaired) electrons. The molecule has 5 atom stereocenters. The van der Waals surface area contributed by atoms with E-state index in [0.29, 0.717) is 12.8 Å². The van der Waals surface area contributed by atoms with Gasteiger partial charge in [0.25, 0.3) is 0 Å². The number of cyclic esters (lactones) is 1. The standard InChI is InChI=1S/C25H29BrO6/c1-24-13-19(27)23-16(17(24)8-9-20(24)28)7-10-22(30)32-25(23,2)12-11-21(29)31-14-15-5-3-4-6-18(15)26/h3-6,16-17,23H,7-14H2,1-2H3. The van der Waals surface area contributed by atoms with Gasteiger partial charge in [0.15, 0.2) is 0 Å². The Bertz CT molecular complexity index is 958. The lowest BCUT2D eigenvalue weighted by atomic mass is 9.55. The van der Waals surface area contributed by atoms with Crippen LogP contribution in [-0.2, 0) is 35.3 Å². The highest BCUT2D eigenvalue weighted by atomic mass is 79.9. The fourth-order valence-corrected chi connectivity index (χ4v) is 6.58. The first-order valence-electron chi connectivity index (χ1n) is 11.3. The number of fused-ring (bicyclic) bond motifs is 3. The molecule has 2 aliphatic carbocycles. The largest absolute Gasteiger partial charge is 0.461 e. The number of carbonyl (C=O) groups is 4. The third-order valence-corrected chi connectivity index (χ3v) is 8.60. The van der Waals surface area contributed by atoms with Crippen molar-refractivity contribution in [3.8, 4) is 0 Å². The quantitative estimate of drug-likeness (QED) is 0.546. The van der Waals surface area contributed by atoms with Gasteiger partial charge < -0.3 is 9.47 Å². The van der Waals surface area contributed by atoms with Crippen molar-refractivity contribution in [3.63, 3.8) is 0 Å². The zero-order valence-corrected chi connectivity index (χ0v) is 20.1. The summed E-state index contributed by atoms with van der Waals surface area (Å²) in [6, 6.07) is 7.51. The van der Waals surface area contributed by atoms with Gasteiger partial charge in [0, 0.05) is 41.1 Å². The van der Waals surface area contributed by atoms with Crippen LogP contribution in [0.2, 0.25) is 0 Å². The van der Waals surface area contributed by atoms with Crippen LogP contribution in [0.15, 0.2) is 28.7 Å². The van der Waals surface area contributed by atoms with Crippen molar-refractivity contribution in [2.24, 2.45) is 23.2 Å². The lowest BCUT2D eigenvalue weighted by molar-refractivity contribution is -0.173. The third kappa shape index (κ3) is 4.16. The van der Waals surface area contributed by atoms with E-state index in [-0.39, 0.29) is 61.7 Å². The first kappa shape index (κ1) is 23.1. The average Bonchev–Trinajstić information content (AvgIpc) is 2.95. The second-order valence-electron chi connectivity index (χ2n) is 9.85. The van der Waals surface area contributed by atoms with Gasteiger partial charge in [-0.3, -0.25) is 19.2 Å². The Morgan fingerprint density at radius 3 is 2.66 bits per heavy atom. The molecule has 3 aliphatic rings. The summed E-state index contributed by atoms with van der Waals surface area (Å²) in [6.45, 7) is 3.82. The highest BCUT2D eigenvalue weighted by Crippen LogP contribution is 2.58. The molecule has 0 aromatic heterocycles. The molecule has 2 saturated carbocycles. The Hall–Kier alpha value is -2.02. The molecule has 1 aromatic rings. The topological polar surface area (TPSA) is 86.7 Å². The fraction of sp³-hybridized carbons (Fsp3) is 0.600. The molecule has 1 saturated heterocycles. The van der Waals surface area contributed by atoms with Crippen LogP contribution in [0, 0.1) is 23.2 Å². The maximum atomic E-state index is 13.3. The predicted octanol–water partition coefficient (Wildman–Crippen LogP) is 4.56. The molecule has 0 bridgehead atoms. The molecule has 0 amide bonds. The van der Waals surface area contributed by atoms with E-state index in [4.69, 9.17) is 9.47 Å². The number of Topliss-reactive ketones (excluding diaryl/α,β-unsaturated/α-hetero) is 2. The van der Waals surface area contributed by atoms with Crippen LogP contribution in [0.4, 0.5) is 0 Å². The average molecular weight is 505 g/mol. The van der Waals surface area contributed by atoms with Crippen LogP contribution in [0.3, 0.4) is 0 Å². The lowest BCUT2D eigenvalue weighted by Gasteiger charge is -2.48. The number of ether oxygens (including phenoxy) is 2. The summed E-state index contributed by atoms with van der Waals surface area (Å²) < 4.78 is 12.1. The van der Waals surface area contributed by atoms with Crippen LogP contribution in [0.1, 0.15) is 64.4 Å². The van der Waals surface area contributed by atoms with E-state index in [1.807, 2.05) is 31.2 Å². The van der Waals surface area contributed by atoms with E-state index in [1.165, 1.54) is 0 Å². The Balaban J connectivity index is 1.48. The number of hydrogen-bond acceptors (Lipinski definition) is 6. The van der Waals surface area contributed by atoms with Crippen LogP contribution in [0.5, 0.6) is 0 Å². The molecule has 32 heavy (non-hydrogen) atoms. The Morgan fingerprint density at radius 2 is 1.91 bits per heavy atom. The number of benzene rings is 1. The van der Waals surface area contributed by atoms with Gasteiger partial charge in [-0.2, -0.15) is 0 Å². The molecule has 4 rings (SSSR count). The van der Waals surface area contributed by atoms with E-state index >= 15 is 0 Å². The molecule has 1 aliphatic heterocycles. The third-order valence-electron chi connectivity index (χ3n) is 7.83. The second-order valence-corrected chi connectivity index (χ2v) is 10.7. The van der Waals surface area contributed by atoms with Gasteiger partial charge in [-0.1, -0.05) is 41.1 Å². The molecular weight excluding hydrogens is 476 g/mol. The Kier molecular flexibility index (Phi) is 6.31. The van der Waals surface area contributed by atoms with Gasteiger partial charge >= 0.3 is 11.9 Å². The van der Waals surface area contributed by atoms with Gasteiger partial charge in [0.05, 0.1) is 5.92 Å². The summed E-state index contributed by atoms with van der Waals surface area (Å²) in [6.07, 6.45) is 2.48. The number of ketones is 2. The summed E-state index contributed by atoms with van der Waals surface area (Å²) >= 11 is 3.44. The Morgan fingerprint density at radius 1 is 1.16 bits per heavy atom. The number of esters is 2. The highest BCUT2D eigenvalue weighted by molar-refractivity contribution is 9.10. The summed E-state index contributed by atoms with van der Waals surface area (Å²) in [7, 11) is 0. The number of hydrogen-bond donors (Lipinski definition) is 0. The molecule has 3 fully saturated rings. The summed E-state index contributed by atoms with van der Waals surface area (Å²) in [4.78, 5) is 50.8. The van der Waals surface area contributed by atoms with Crippen molar-refractivity contribution in [1.29, 1.82) is 0 Å². The zero-order valence-electron chi connectivity index (χ0n) is 18.5. The molecular formula is C25H29BrO6. The molecule has 0 spiro atoms. The van der Waals surface area contributed by atoms with Crippen molar-refractivity contribution < 1.29 is 28.7 Å². The summed E-state index contributed by atoms with van der Waals surface area (Å²) in [5.41, 5.74) is -0.843. The molecule has 6 nitrogen and oxygen atoms in total. The summed E-state index contributed by atoms with van der Waals surface area (Å²) in [5, 5.41) is 0. The highest BCUT2D eigenvalue weighted by Gasteiger charge is 2.61. The van der Waals surface area contributed by atoms with E-state index < -0.39 is 22.9 Å². The SMILES string of the molecule is CC1(CCC(=O)OCc2ccccc2Br)OC(=O)CCC2C1C(=O)CC1(C)C(=O)CCC21. The summed E-state index contributed by atoms with van der Waals surface area (Å²) in [5.74, 6) is -1.11. The van der Waals surface area contributed by atoms with Gasteiger partial charge in [-0.05, 0) is 44.1 Å². The maximum Gasteiger partial charge on any atom is 0.306 e. The predicted molar refractivity (Wildman–Crippen MR) is 119 cm³/mol.